The number of carbonyl (C=O) groups excluding carboxylic acids is 1. The van der Waals surface area contributed by atoms with E-state index in [1.54, 1.807) is 6.07 Å². The summed E-state index contributed by atoms with van der Waals surface area (Å²) in [4.78, 5) is 14.9. The van der Waals surface area contributed by atoms with Crippen LogP contribution in [-0.4, -0.2) is 25.2 Å². The number of hydrogen-bond donors (Lipinski definition) is 0. The minimum Gasteiger partial charge on any atom is -0.456 e. The van der Waals surface area contributed by atoms with E-state index in [4.69, 9.17) is 9.52 Å². The summed E-state index contributed by atoms with van der Waals surface area (Å²) in [5.74, 6) is 0.989. The van der Waals surface area contributed by atoms with Gasteiger partial charge in [-0.2, -0.15) is 5.10 Å². The third-order valence-electron chi connectivity index (χ3n) is 5.21. The van der Waals surface area contributed by atoms with Crippen molar-refractivity contribution in [1.29, 1.82) is 0 Å². The van der Waals surface area contributed by atoms with Gasteiger partial charge in [-0.25, -0.2) is 4.68 Å². The van der Waals surface area contributed by atoms with Crippen molar-refractivity contribution in [2.75, 3.05) is 0 Å². The van der Waals surface area contributed by atoms with Crippen LogP contribution in [0.5, 0.6) is 0 Å². The molecule has 4 aromatic rings. The predicted molar refractivity (Wildman–Crippen MR) is 105 cm³/mol. The number of rotatable bonds is 2. The molecular weight excluding hydrogens is 352 g/mol. The van der Waals surface area contributed by atoms with Crippen molar-refractivity contribution < 1.29 is 9.21 Å². The van der Waals surface area contributed by atoms with Crippen molar-refractivity contribution in [1.82, 2.24) is 19.2 Å². The van der Waals surface area contributed by atoms with Crippen LogP contribution in [0.15, 0.2) is 65.3 Å². The van der Waals surface area contributed by atoms with Gasteiger partial charge in [0, 0.05) is 36.3 Å². The van der Waals surface area contributed by atoms with E-state index in [2.05, 4.69) is 10.6 Å². The Morgan fingerprint density at radius 3 is 2.64 bits per heavy atom. The summed E-state index contributed by atoms with van der Waals surface area (Å²) in [5, 5.41) is 4.85. The van der Waals surface area contributed by atoms with Crippen LogP contribution < -0.4 is 0 Å². The first-order valence-corrected chi connectivity index (χ1v) is 9.24. The normalized spacial score (nSPS) is 13.1. The Hall–Kier alpha value is -3.54. The van der Waals surface area contributed by atoms with Gasteiger partial charge in [0.15, 0.2) is 5.76 Å². The fourth-order valence-corrected chi connectivity index (χ4v) is 3.73. The minimum atomic E-state index is -0.111. The predicted octanol–water partition coefficient (Wildman–Crippen LogP) is 3.94. The number of aromatic nitrogens is 3. The molecule has 0 bridgehead atoms. The lowest BCUT2D eigenvalue weighted by Crippen LogP contribution is -2.29. The molecule has 0 atom stereocenters. The molecule has 0 unspecified atom stereocenters. The molecule has 0 fully saturated rings. The summed E-state index contributed by atoms with van der Waals surface area (Å²) in [6.45, 7) is 2.84. The van der Waals surface area contributed by atoms with Crippen LogP contribution in [0.3, 0.4) is 0 Å². The van der Waals surface area contributed by atoms with Crippen LogP contribution in [0, 0.1) is 6.92 Å². The van der Waals surface area contributed by atoms with Gasteiger partial charge >= 0.3 is 0 Å². The maximum Gasteiger partial charge on any atom is 0.290 e. The van der Waals surface area contributed by atoms with E-state index >= 15 is 0 Å². The molecule has 140 valence electrons. The molecule has 28 heavy (non-hydrogen) atoms. The molecule has 0 radical (unpaired) electrons. The SMILES string of the molecule is Cc1ccc(C(=O)N2Cc3cn(-c4ccccc4)nc3-c3ccn(C)c3C2)o1. The molecule has 6 nitrogen and oxygen atoms in total. The summed E-state index contributed by atoms with van der Waals surface area (Å²) < 4.78 is 9.52. The average Bonchev–Trinajstić information content (AvgIpc) is 3.39. The zero-order chi connectivity index (χ0) is 19.3. The van der Waals surface area contributed by atoms with Gasteiger partial charge in [0.25, 0.3) is 5.91 Å². The van der Waals surface area contributed by atoms with Crippen LogP contribution in [0.2, 0.25) is 0 Å². The highest BCUT2D eigenvalue weighted by Gasteiger charge is 2.29. The number of benzene rings is 1. The summed E-state index contributed by atoms with van der Waals surface area (Å²) in [5.41, 5.74) is 5.06. The number of nitrogens with zero attached hydrogens (tertiary/aromatic N) is 4. The monoisotopic (exact) mass is 372 g/mol. The number of aryl methyl sites for hydroxylation is 2. The third kappa shape index (κ3) is 2.65. The summed E-state index contributed by atoms with van der Waals surface area (Å²) in [6.07, 6.45) is 4.03. The van der Waals surface area contributed by atoms with Crippen molar-refractivity contribution in [3.8, 4) is 16.9 Å². The zero-order valence-corrected chi connectivity index (χ0v) is 15.8. The van der Waals surface area contributed by atoms with Crippen LogP contribution >= 0.6 is 0 Å². The molecule has 0 spiro atoms. The highest BCUT2D eigenvalue weighted by Crippen LogP contribution is 2.33. The third-order valence-corrected chi connectivity index (χ3v) is 5.21. The van der Waals surface area contributed by atoms with Gasteiger partial charge in [0.2, 0.25) is 0 Å². The lowest BCUT2D eigenvalue weighted by Gasteiger charge is -2.20. The molecule has 0 saturated heterocycles. The van der Waals surface area contributed by atoms with Crippen molar-refractivity contribution in [3.05, 3.63) is 83.7 Å². The lowest BCUT2D eigenvalue weighted by atomic mass is 10.1. The first kappa shape index (κ1) is 16.6. The van der Waals surface area contributed by atoms with E-state index in [-0.39, 0.29) is 5.91 Å². The van der Waals surface area contributed by atoms with Crippen molar-refractivity contribution in [3.63, 3.8) is 0 Å². The first-order valence-electron chi connectivity index (χ1n) is 9.24. The molecule has 1 aliphatic rings. The van der Waals surface area contributed by atoms with Gasteiger partial charge in [-0.15, -0.1) is 0 Å². The van der Waals surface area contributed by atoms with E-state index in [1.165, 1.54) is 0 Å². The Morgan fingerprint density at radius 2 is 1.89 bits per heavy atom. The Morgan fingerprint density at radius 1 is 1.07 bits per heavy atom. The van der Waals surface area contributed by atoms with Gasteiger partial charge in [0.05, 0.1) is 24.5 Å². The fraction of sp³-hybridized carbons (Fsp3) is 0.182. The van der Waals surface area contributed by atoms with Crippen LogP contribution in [0.4, 0.5) is 0 Å². The van der Waals surface area contributed by atoms with E-state index in [0.29, 0.717) is 18.8 Å². The van der Waals surface area contributed by atoms with Crippen molar-refractivity contribution >= 4 is 5.91 Å². The van der Waals surface area contributed by atoms with E-state index < -0.39 is 0 Å². The topological polar surface area (TPSA) is 56.2 Å². The average molecular weight is 372 g/mol. The molecule has 0 aliphatic carbocycles. The second-order valence-electron chi connectivity index (χ2n) is 7.14. The molecular formula is C22H20N4O2. The number of carbonyl (C=O) groups is 1. The molecule has 3 aromatic heterocycles. The van der Waals surface area contributed by atoms with Gasteiger partial charge < -0.3 is 13.9 Å². The molecule has 1 amide bonds. The lowest BCUT2D eigenvalue weighted by molar-refractivity contribution is 0.0695. The minimum absolute atomic E-state index is 0.111. The molecule has 4 heterocycles. The van der Waals surface area contributed by atoms with Crippen LogP contribution in [0.1, 0.15) is 27.6 Å². The maximum atomic E-state index is 13.1. The molecule has 6 heteroatoms. The van der Waals surface area contributed by atoms with Gasteiger partial charge in [-0.05, 0) is 37.3 Å². The zero-order valence-electron chi connectivity index (χ0n) is 15.8. The van der Waals surface area contributed by atoms with Crippen LogP contribution in [-0.2, 0) is 20.1 Å². The number of hydrogen-bond acceptors (Lipinski definition) is 3. The number of para-hydroxylation sites is 1. The van der Waals surface area contributed by atoms with E-state index in [9.17, 15) is 4.79 Å². The highest BCUT2D eigenvalue weighted by molar-refractivity contribution is 5.92. The van der Waals surface area contributed by atoms with E-state index in [1.807, 2.05) is 72.3 Å². The number of amides is 1. The second-order valence-corrected chi connectivity index (χ2v) is 7.14. The highest BCUT2D eigenvalue weighted by atomic mass is 16.3. The molecule has 1 aliphatic heterocycles. The second kappa shape index (κ2) is 6.27. The van der Waals surface area contributed by atoms with Crippen LogP contribution in [0.25, 0.3) is 16.9 Å². The van der Waals surface area contributed by atoms with Gasteiger partial charge in [-0.3, -0.25) is 4.79 Å². The quantitative estimate of drug-likeness (QED) is 0.536. The largest absolute Gasteiger partial charge is 0.456 e. The fourth-order valence-electron chi connectivity index (χ4n) is 3.73. The van der Waals surface area contributed by atoms with Crippen molar-refractivity contribution in [2.45, 2.75) is 20.0 Å². The Kier molecular flexibility index (Phi) is 3.72. The smallest absolute Gasteiger partial charge is 0.290 e. The first-order chi connectivity index (χ1) is 13.6. The number of furan rings is 1. The summed E-state index contributed by atoms with van der Waals surface area (Å²) in [6, 6.07) is 15.6. The van der Waals surface area contributed by atoms with Gasteiger partial charge in [-0.1, -0.05) is 18.2 Å². The van der Waals surface area contributed by atoms with Gasteiger partial charge in [0.1, 0.15) is 5.76 Å². The standard InChI is InChI=1S/C22H20N4O2/c1-15-8-9-20(28-15)22(27)25-12-16-13-26(17-6-4-3-5-7-17)23-21(16)18-10-11-24(2)19(18)14-25/h3-11,13H,12,14H2,1-2H3. The Balaban J connectivity index is 1.61. The summed E-state index contributed by atoms with van der Waals surface area (Å²) in [7, 11) is 2.00. The molecule has 5 rings (SSSR count). The Bertz CT molecular complexity index is 1170. The van der Waals surface area contributed by atoms with E-state index in [0.717, 1.165) is 34.0 Å². The summed E-state index contributed by atoms with van der Waals surface area (Å²) >= 11 is 0. The maximum absolute atomic E-state index is 13.1. The Labute approximate surface area is 162 Å². The number of fused-ring (bicyclic) bond motifs is 3. The van der Waals surface area contributed by atoms with Crippen molar-refractivity contribution in [2.24, 2.45) is 7.05 Å². The molecule has 0 saturated carbocycles. The molecule has 0 N–H and O–H groups in total. The molecule has 1 aromatic carbocycles.